The lowest BCUT2D eigenvalue weighted by Crippen LogP contribution is -2.21. The quantitative estimate of drug-likeness (QED) is 0.857. The van der Waals surface area contributed by atoms with E-state index < -0.39 is 10.0 Å². The van der Waals surface area contributed by atoms with Crippen molar-refractivity contribution in [1.82, 2.24) is 10.3 Å². The lowest BCUT2D eigenvalue weighted by molar-refractivity contribution is 0.589. The summed E-state index contributed by atoms with van der Waals surface area (Å²) in [6, 6.07) is 3.83. The van der Waals surface area contributed by atoms with Gasteiger partial charge in [0.05, 0.1) is 11.9 Å². The fraction of sp³-hybridized carbons (Fsp3) is 0.357. The normalized spacial score (nSPS) is 11.8. The van der Waals surface area contributed by atoms with Gasteiger partial charge in [0.15, 0.2) is 0 Å². The Hall–Kier alpha value is -1.44. The molecule has 0 atom stereocenters. The molecule has 0 aliphatic carbocycles. The van der Waals surface area contributed by atoms with E-state index in [2.05, 4.69) is 28.9 Å². The maximum Gasteiger partial charge on any atom is 0.271 e. The molecule has 0 fully saturated rings. The van der Waals surface area contributed by atoms with Gasteiger partial charge in [-0.3, -0.25) is 9.71 Å². The number of sulfonamides is 1. The Morgan fingerprint density at radius 2 is 2.14 bits per heavy atom. The monoisotopic (exact) mass is 325 g/mol. The van der Waals surface area contributed by atoms with Crippen molar-refractivity contribution in [3.05, 3.63) is 41.0 Å². The van der Waals surface area contributed by atoms with Gasteiger partial charge in [-0.05, 0) is 35.6 Å². The van der Waals surface area contributed by atoms with Crippen molar-refractivity contribution in [2.75, 3.05) is 4.72 Å². The number of hydrogen-bond donors (Lipinski definition) is 2. The zero-order chi connectivity index (χ0) is 15.5. The van der Waals surface area contributed by atoms with E-state index in [-0.39, 0.29) is 0 Å². The van der Waals surface area contributed by atoms with E-state index in [1.165, 1.54) is 17.5 Å². The molecule has 0 unspecified atom stereocenters. The van der Waals surface area contributed by atoms with Gasteiger partial charge in [0, 0.05) is 18.8 Å². The van der Waals surface area contributed by atoms with Gasteiger partial charge in [0.25, 0.3) is 10.0 Å². The lowest BCUT2D eigenvalue weighted by Gasteiger charge is -2.08. The molecule has 5 nitrogen and oxygen atoms in total. The second kappa shape index (κ2) is 6.55. The molecule has 2 heterocycles. The SMILES string of the molecule is Cc1ccncc1NS(=O)(=O)c1cc(CNC(C)C)cs1. The molecule has 2 aromatic rings. The van der Waals surface area contributed by atoms with Gasteiger partial charge in [0.2, 0.25) is 0 Å². The summed E-state index contributed by atoms with van der Waals surface area (Å²) in [4.78, 5) is 3.94. The number of aryl methyl sites for hydroxylation is 1. The largest absolute Gasteiger partial charge is 0.310 e. The molecule has 2 rings (SSSR count). The summed E-state index contributed by atoms with van der Waals surface area (Å²) in [5, 5.41) is 5.13. The van der Waals surface area contributed by atoms with E-state index in [1.807, 2.05) is 12.3 Å². The maximum absolute atomic E-state index is 12.4. The van der Waals surface area contributed by atoms with Crippen LogP contribution in [0.5, 0.6) is 0 Å². The summed E-state index contributed by atoms with van der Waals surface area (Å²) in [7, 11) is -3.55. The summed E-state index contributed by atoms with van der Waals surface area (Å²) in [5.41, 5.74) is 2.32. The highest BCUT2D eigenvalue weighted by Crippen LogP contribution is 2.24. The Balaban J connectivity index is 2.15. The van der Waals surface area contributed by atoms with Crippen LogP contribution in [0.4, 0.5) is 5.69 Å². The zero-order valence-corrected chi connectivity index (χ0v) is 13.9. The third kappa shape index (κ3) is 4.26. The van der Waals surface area contributed by atoms with Crippen molar-refractivity contribution in [3.8, 4) is 0 Å². The van der Waals surface area contributed by atoms with Crippen molar-refractivity contribution in [2.45, 2.75) is 37.6 Å². The summed E-state index contributed by atoms with van der Waals surface area (Å²) in [5.74, 6) is 0. The topological polar surface area (TPSA) is 71.1 Å². The molecule has 7 heteroatoms. The highest BCUT2D eigenvalue weighted by molar-refractivity contribution is 7.94. The van der Waals surface area contributed by atoms with Crippen molar-refractivity contribution in [3.63, 3.8) is 0 Å². The Labute approximate surface area is 129 Å². The van der Waals surface area contributed by atoms with Gasteiger partial charge in [-0.2, -0.15) is 0 Å². The van der Waals surface area contributed by atoms with Crippen molar-refractivity contribution in [2.24, 2.45) is 0 Å². The number of aromatic nitrogens is 1. The van der Waals surface area contributed by atoms with Crippen LogP contribution < -0.4 is 10.0 Å². The van der Waals surface area contributed by atoms with Crippen LogP contribution in [0.3, 0.4) is 0 Å². The third-order valence-electron chi connectivity index (χ3n) is 2.89. The number of nitrogens with zero attached hydrogens (tertiary/aromatic N) is 1. The van der Waals surface area contributed by atoms with Crippen LogP contribution in [0.1, 0.15) is 25.0 Å². The van der Waals surface area contributed by atoms with Gasteiger partial charge < -0.3 is 5.32 Å². The maximum atomic E-state index is 12.4. The molecule has 0 aliphatic rings. The number of nitrogens with one attached hydrogen (secondary N) is 2. The molecular formula is C14H19N3O2S2. The van der Waals surface area contributed by atoms with Crippen LogP contribution >= 0.6 is 11.3 Å². The summed E-state index contributed by atoms with van der Waals surface area (Å²) < 4.78 is 27.6. The summed E-state index contributed by atoms with van der Waals surface area (Å²) in [6.45, 7) is 6.61. The van der Waals surface area contributed by atoms with Crippen LogP contribution in [0.2, 0.25) is 0 Å². The minimum Gasteiger partial charge on any atom is -0.310 e. The summed E-state index contributed by atoms with van der Waals surface area (Å²) >= 11 is 1.22. The van der Waals surface area contributed by atoms with Crippen LogP contribution in [0, 0.1) is 6.92 Å². The van der Waals surface area contributed by atoms with Crippen LogP contribution in [-0.2, 0) is 16.6 Å². The van der Waals surface area contributed by atoms with Gasteiger partial charge in [0.1, 0.15) is 4.21 Å². The molecule has 0 saturated carbocycles. The molecule has 2 N–H and O–H groups in total. The fourth-order valence-electron chi connectivity index (χ4n) is 1.67. The molecule has 2 aromatic heterocycles. The molecule has 21 heavy (non-hydrogen) atoms. The van der Waals surface area contributed by atoms with Crippen LogP contribution in [0.15, 0.2) is 34.1 Å². The second-order valence-electron chi connectivity index (χ2n) is 5.11. The van der Waals surface area contributed by atoms with E-state index in [0.717, 1.165) is 11.1 Å². The van der Waals surface area contributed by atoms with Crippen molar-refractivity contribution < 1.29 is 8.42 Å². The Kier molecular flexibility index (Phi) is 4.97. The molecule has 0 saturated heterocycles. The van der Waals surface area contributed by atoms with E-state index in [4.69, 9.17) is 0 Å². The highest BCUT2D eigenvalue weighted by atomic mass is 32.2. The summed E-state index contributed by atoms with van der Waals surface area (Å²) in [6.07, 6.45) is 3.15. The number of rotatable bonds is 6. The lowest BCUT2D eigenvalue weighted by atomic mass is 10.3. The molecule has 0 bridgehead atoms. The van der Waals surface area contributed by atoms with E-state index in [1.54, 1.807) is 18.3 Å². The van der Waals surface area contributed by atoms with Crippen molar-refractivity contribution >= 4 is 27.0 Å². The first-order valence-corrected chi connectivity index (χ1v) is 8.99. The number of pyridine rings is 1. The molecule has 114 valence electrons. The molecule has 0 radical (unpaired) electrons. The van der Waals surface area contributed by atoms with Crippen LogP contribution in [0.25, 0.3) is 0 Å². The first-order valence-electron chi connectivity index (χ1n) is 6.62. The highest BCUT2D eigenvalue weighted by Gasteiger charge is 2.18. The molecular weight excluding hydrogens is 306 g/mol. The number of thiophene rings is 1. The number of hydrogen-bond acceptors (Lipinski definition) is 5. The minimum absolute atomic E-state index is 0.311. The second-order valence-corrected chi connectivity index (χ2v) is 7.93. The van der Waals surface area contributed by atoms with Crippen LogP contribution in [-0.4, -0.2) is 19.4 Å². The zero-order valence-electron chi connectivity index (χ0n) is 12.3. The van der Waals surface area contributed by atoms with Gasteiger partial charge in [-0.25, -0.2) is 8.42 Å². The van der Waals surface area contributed by atoms with Gasteiger partial charge >= 0.3 is 0 Å². The predicted octanol–water partition coefficient (Wildman–Crippen LogP) is 2.75. The first-order chi connectivity index (χ1) is 9.88. The van der Waals surface area contributed by atoms with E-state index in [9.17, 15) is 8.42 Å². The molecule has 0 aromatic carbocycles. The third-order valence-corrected chi connectivity index (χ3v) is 5.75. The minimum atomic E-state index is -3.55. The van der Waals surface area contributed by atoms with E-state index >= 15 is 0 Å². The fourth-order valence-corrected chi connectivity index (χ4v) is 4.00. The predicted molar refractivity (Wildman–Crippen MR) is 86.1 cm³/mol. The average molecular weight is 325 g/mol. The first kappa shape index (κ1) is 15.9. The van der Waals surface area contributed by atoms with Gasteiger partial charge in [-0.15, -0.1) is 11.3 Å². The Morgan fingerprint density at radius 3 is 2.81 bits per heavy atom. The number of anilines is 1. The molecule has 0 spiro atoms. The standard InChI is InChI=1S/C14H19N3O2S2/c1-10(2)16-7-12-6-14(20-9-12)21(18,19)17-13-8-15-5-4-11(13)3/h4-6,8-10,16-17H,7H2,1-3H3. The Morgan fingerprint density at radius 1 is 1.38 bits per heavy atom. The Bertz CT molecular complexity index is 709. The average Bonchev–Trinajstić information content (AvgIpc) is 2.88. The van der Waals surface area contributed by atoms with Gasteiger partial charge in [-0.1, -0.05) is 13.8 Å². The van der Waals surface area contributed by atoms with E-state index in [0.29, 0.717) is 22.5 Å². The smallest absolute Gasteiger partial charge is 0.271 e. The molecule has 0 amide bonds. The molecule has 0 aliphatic heterocycles. The van der Waals surface area contributed by atoms with Crippen molar-refractivity contribution in [1.29, 1.82) is 0 Å².